The molecule has 0 radical (unpaired) electrons. The van der Waals surface area contributed by atoms with E-state index in [-0.39, 0.29) is 11.2 Å². The van der Waals surface area contributed by atoms with E-state index >= 15 is 0 Å². The zero-order valence-electron chi connectivity index (χ0n) is 16.5. The van der Waals surface area contributed by atoms with Gasteiger partial charge in [0, 0.05) is 26.2 Å². The number of amides is 1. The monoisotopic (exact) mass is 401 g/mol. The summed E-state index contributed by atoms with van der Waals surface area (Å²) in [5.74, 6) is 1.01. The minimum Gasteiger partial charge on any atom is -0.378 e. The molecular formula is C20H27N5O2S. The molecule has 2 fully saturated rings. The lowest BCUT2D eigenvalue weighted by Crippen LogP contribution is -2.38. The van der Waals surface area contributed by atoms with Crippen molar-refractivity contribution in [2.75, 3.05) is 44.3 Å². The number of ether oxygens (including phenoxy) is 1. The first-order valence-electron chi connectivity index (χ1n) is 9.94. The van der Waals surface area contributed by atoms with Crippen molar-refractivity contribution in [3.05, 3.63) is 29.8 Å². The highest BCUT2D eigenvalue weighted by molar-refractivity contribution is 8.00. The summed E-state index contributed by atoms with van der Waals surface area (Å²) in [5.41, 5.74) is 2.20. The fraction of sp³-hybridized carbons (Fsp3) is 0.550. The molecular weight excluding hydrogens is 374 g/mol. The van der Waals surface area contributed by atoms with Crippen LogP contribution in [-0.4, -0.2) is 70.2 Å². The first-order chi connectivity index (χ1) is 13.6. The molecule has 2 aliphatic heterocycles. The van der Waals surface area contributed by atoms with Crippen LogP contribution >= 0.6 is 11.8 Å². The van der Waals surface area contributed by atoms with Crippen LogP contribution in [0.2, 0.25) is 0 Å². The minimum atomic E-state index is -0.191. The third-order valence-corrected chi connectivity index (χ3v) is 6.25. The quantitative estimate of drug-likeness (QED) is 0.718. The molecule has 1 aromatic heterocycles. The van der Waals surface area contributed by atoms with Crippen LogP contribution in [0.1, 0.15) is 25.3 Å². The first kappa shape index (κ1) is 19.3. The van der Waals surface area contributed by atoms with Gasteiger partial charge < -0.3 is 14.5 Å². The molecule has 0 spiro atoms. The van der Waals surface area contributed by atoms with E-state index in [2.05, 4.69) is 44.8 Å². The number of nitrogens with zero attached hydrogens (tertiary/aromatic N) is 5. The molecule has 3 heterocycles. The van der Waals surface area contributed by atoms with Gasteiger partial charge in [-0.05, 0) is 44.4 Å². The van der Waals surface area contributed by atoms with Crippen molar-refractivity contribution in [2.45, 2.75) is 37.1 Å². The molecule has 7 nitrogen and oxygen atoms in total. The molecule has 2 aliphatic rings. The van der Waals surface area contributed by atoms with E-state index in [1.807, 2.05) is 17.9 Å². The van der Waals surface area contributed by atoms with Crippen molar-refractivity contribution < 1.29 is 9.53 Å². The Morgan fingerprint density at radius 2 is 1.89 bits per heavy atom. The van der Waals surface area contributed by atoms with Gasteiger partial charge in [-0.1, -0.05) is 23.9 Å². The summed E-state index contributed by atoms with van der Waals surface area (Å²) in [5, 5.41) is 9.53. The molecule has 0 N–H and O–H groups in total. The van der Waals surface area contributed by atoms with Gasteiger partial charge in [0.15, 0.2) is 5.16 Å². The standard InChI is InChI=1S/C20H27N5O2S/c1-15-6-5-7-17(14-15)25-19(24-10-12-27-13-11-24)21-22-20(25)28-16(2)18(26)23-8-3-4-9-23/h5-7,14,16H,3-4,8-13H2,1-2H3. The fourth-order valence-electron chi connectivity index (χ4n) is 3.70. The molecule has 28 heavy (non-hydrogen) atoms. The number of rotatable bonds is 5. The number of hydrogen-bond donors (Lipinski definition) is 0. The van der Waals surface area contributed by atoms with Crippen molar-refractivity contribution in [3.8, 4) is 5.69 Å². The lowest BCUT2D eigenvalue weighted by molar-refractivity contribution is -0.129. The second-order valence-corrected chi connectivity index (χ2v) is 8.66. The predicted molar refractivity (Wildman–Crippen MR) is 110 cm³/mol. The van der Waals surface area contributed by atoms with Crippen LogP contribution in [0.5, 0.6) is 0 Å². The van der Waals surface area contributed by atoms with Gasteiger partial charge >= 0.3 is 0 Å². The second-order valence-electron chi connectivity index (χ2n) is 7.35. The molecule has 2 saturated heterocycles. The molecule has 1 unspecified atom stereocenters. The van der Waals surface area contributed by atoms with Crippen molar-refractivity contribution in [1.29, 1.82) is 0 Å². The smallest absolute Gasteiger partial charge is 0.235 e. The van der Waals surface area contributed by atoms with Crippen LogP contribution in [0.3, 0.4) is 0 Å². The summed E-state index contributed by atoms with van der Waals surface area (Å²) in [6.45, 7) is 8.73. The maximum Gasteiger partial charge on any atom is 0.235 e. The summed E-state index contributed by atoms with van der Waals surface area (Å²) >= 11 is 1.49. The number of likely N-dealkylation sites (tertiary alicyclic amines) is 1. The Balaban J connectivity index is 1.64. The predicted octanol–water partition coefficient (Wildman–Crippen LogP) is 2.52. The number of thioether (sulfide) groups is 1. The van der Waals surface area contributed by atoms with Gasteiger partial charge in [-0.25, -0.2) is 0 Å². The van der Waals surface area contributed by atoms with Crippen LogP contribution in [0.25, 0.3) is 5.69 Å². The second kappa shape index (κ2) is 8.53. The van der Waals surface area contributed by atoms with Gasteiger partial charge in [-0.15, -0.1) is 10.2 Å². The number of aromatic nitrogens is 3. The van der Waals surface area contributed by atoms with Gasteiger partial charge in [0.2, 0.25) is 11.9 Å². The first-order valence-corrected chi connectivity index (χ1v) is 10.8. The molecule has 2 aromatic rings. The highest BCUT2D eigenvalue weighted by atomic mass is 32.2. The molecule has 150 valence electrons. The molecule has 0 aliphatic carbocycles. The van der Waals surface area contributed by atoms with E-state index in [9.17, 15) is 4.79 Å². The van der Waals surface area contributed by atoms with Crippen molar-refractivity contribution in [1.82, 2.24) is 19.7 Å². The largest absolute Gasteiger partial charge is 0.378 e. The Labute approximate surface area is 170 Å². The lowest BCUT2D eigenvalue weighted by Gasteiger charge is -2.28. The zero-order chi connectivity index (χ0) is 19.5. The van der Waals surface area contributed by atoms with Crippen LogP contribution in [0.15, 0.2) is 29.4 Å². The average molecular weight is 402 g/mol. The van der Waals surface area contributed by atoms with Crippen molar-refractivity contribution >= 4 is 23.6 Å². The molecule has 1 atom stereocenters. The third-order valence-electron chi connectivity index (χ3n) is 5.22. The average Bonchev–Trinajstić information content (AvgIpc) is 3.38. The van der Waals surface area contributed by atoms with Gasteiger partial charge in [-0.3, -0.25) is 9.36 Å². The van der Waals surface area contributed by atoms with Crippen molar-refractivity contribution in [2.24, 2.45) is 0 Å². The Morgan fingerprint density at radius 3 is 2.61 bits per heavy atom. The van der Waals surface area contributed by atoms with E-state index in [4.69, 9.17) is 4.74 Å². The summed E-state index contributed by atoms with van der Waals surface area (Å²) in [4.78, 5) is 17.0. The molecule has 0 saturated carbocycles. The molecule has 1 amide bonds. The number of carbonyl (C=O) groups is 1. The topological polar surface area (TPSA) is 63.5 Å². The van der Waals surface area contributed by atoms with Crippen LogP contribution < -0.4 is 4.90 Å². The van der Waals surface area contributed by atoms with Gasteiger partial charge in [-0.2, -0.15) is 0 Å². The Hall–Kier alpha value is -2.06. The molecule has 8 heteroatoms. The van der Waals surface area contributed by atoms with E-state index in [0.717, 1.165) is 55.8 Å². The summed E-state index contributed by atoms with van der Waals surface area (Å²) in [6.07, 6.45) is 2.20. The fourth-order valence-corrected chi connectivity index (χ4v) is 4.65. The number of hydrogen-bond acceptors (Lipinski definition) is 6. The van der Waals surface area contributed by atoms with Gasteiger partial charge in [0.1, 0.15) is 0 Å². The maximum atomic E-state index is 12.8. The van der Waals surface area contributed by atoms with Crippen LogP contribution in [-0.2, 0) is 9.53 Å². The minimum absolute atomic E-state index is 0.189. The van der Waals surface area contributed by atoms with Crippen LogP contribution in [0, 0.1) is 6.92 Å². The lowest BCUT2D eigenvalue weighted by atomic mass is 10.2. The molecule has 1 aromatic carbocycles. The zero-order valence-corrected chi connectivity index (χ0v) is 17.3. The van der Waals surface area contributed by atoms with E-state index in [1.54, 1.807) is 0 Å². The number of aryl methyl sites for hydroxylation is 1. The normalized spacial score (nSPS) is 18.5. The van der Waals surface area contributed by atoms with Gasteiger partial charge in [0.05, 0.1) is 24.2 Å². The summed E-state index contributed by atoms with van der Waals surface area (Å²) in [6, 6.07) is 8.32. The number of morpholine rings is 1. The Kier molecular flexibility index (Phi) is 5.87. The third kappa shape index (κ3) is 4.03. The van der Waals surface area contributed by atoms with E-state index in [1.165, 1.54) is 17.3 Å². The van der Waals surface area contributed by atoms with E-state index < -0.39 is 0 Å². The molecule has 0 bridgehead atoms. The highest BCUT2D eigenvalue weighted by Gasteiger charge is 2.28. The van der Waals surface area contributed by atoms with Crippen LogP contribution in [0.4, 0.5) is 5.95 Å². The maximum absolute atomic E-state index is 12.8. The summed E-state index contributed by atoms with van der Waals surface area (Å²) < 4.78 is 7.57. The Morgan fingerprint density at radius 1 is 1.14 bits per heavy atom. The summed E-state index contributed by atoms with van der Waals surface area (Å²) in [7, 11) is 0. The van der Waals surface area contributed by atoms with Gasteiger partial charge in [0.25, 0.3) is 0 Å². The SMILES string of the molecule is Cc1cccc(-n2c(SC(C)C(=O)N3CCCC3)nnc2N2CCOCC2)c1. The number of anilines is 1. The number of benzene rings is 1. The van der Waals surface area contributed by atoms with Crippen molar-refractivity contribution in [3.63, 3.8) is 0 Å². The van der Waals surface area contributed by atoms with E-state index in [0.29, 0.717) is 13.2 Å². The molecule has 4 rings (SSSR count). The number of carbonyl (C=O) groups excluding carboxylic acids is 1. The Bertz CT molecular complexity index is 828. The highest BCUT2D eigenvalue weighted by Crippen LogP contribution is 2.31.